The first kappa shape index (κ1) is 21.8. The molecule has 0 aliphatic heterocycles. The van der Waals surface area contributed by atoms with E-state index >= 15 is 0 Å². The first-order valence-corrected chi connectivity index (χ1v) is 10.9. The molecule has 0 unspecified atom stereocenters. The molecule has 0 spiro atoms. The number of nitrogens with two attached hydrogens (primary N) is 1. The van der Waals surface area contributed by atoms with Crippen LogP contribution >= 0.6 is 0 Å². The molecule has 5 N–H and O–H groups in total. The third kappa shape index (κ3) is 4.16. The molecular formula is C23H29N7O2. The smallest absolute Gasteiger partial charge is 0.272 e. The van der Waals surface area contributed by atoms with E-state index in [1.54, 1.807) is 16.9 Å². The number of H-pyrrole nitrogens is 1. The molecule has 32 heavy (non-hydrogen) atoms. The number of aromatic nitrogens is 3. The van der Waals surface area contributed by atoms with Crippen LogP contribution in [-0.4, -0.2) is 39.3 Å². The molecule has 1 saturated carbocycles. The second-order valence-electron chi connectivity index (χ2n) is 8.49. The summed E-state index contributed by atoms with van der Waals surface area (Å²) in [6, 6.07) is 2.91. The van der Waals surface area contributed by atoms with Crippen LogP contribution in [0.1, 0.15) is 48.0 Å². The molecule has 3 aromatic rings. The van der Waals surface area contributed by atoms with Crippen molar-refractivity contribution >= 4 is 35.1 Å². The molecule has 9 nitrogen and oxygen atoms in total. The molecular weight excluding hydrogens is 406 g/mol. The second kappa shape index (κ2) is 8.96. The van der Waals surface area contributed by atoms with E-state index in [1.165, 1.54) is 6.42 Å². The largest absolute Gasteiger partial charge is 0.354 e. The lowest BCUT2D eigenvalue weighted by Gasteiger charge is -2.26. The fourth-order valence-corrected chi connectivity index (χ4v) is 4.65. The van der Waals surface area contributed by atoms with E-state index in [1.807, 2.05) is 26.2 Å². The van der Waals surface area contributed by atoms with Crippen LogP contribution < -0.4 is 16.5 Å². The Bertz CT molecular complexity index is 1170. The highest BCUT2D eigenvalue weighted by Crippen LogP contribution is 2.34. The zero-order valence-corrected chi connectivity index (χ0v) is 18.4. The van der Waals surface area contributed by atoms with E-state index in [0.717, 1.165) is 53.4 Å². The lowest BCUT2D eigenvalue weighted by molar-refractivity contribution is -0.118. The Balaban J connectivity index is 1.72. The first-order chi connectivity index (χ1) is 15.4. The highest BCUT2D eigenvalue weighted by Gasteiger charge is 2.27. The number of hydrazone groups is 1. The summed E-state index contributed by atoms with van der Waals surface area (Å²) >= 11 is 0. The molecule has 0 bridgehead atoms. The summed E-state index contributed by atoms with van der Waals surface area (Å²) in [7, 11) is 1.85. The Labute approximate surface area is 186 Å². The van der Waals surface area contributed by atoms with Gasteiger partial charge in [-0.3, -0.25) is 14.3 Å². The number of rotatable bonds is 6. The summed E-state index contributed by atoms with van der Waals surface area (Å²) in [4.78, 5) is 29.0. The Kier molecular flexibility index (Phi) is 6.09. The maximum absolute atomic E-state index is 12.9. The molecule has 1 fully saturated rings. The molecule has 9 heteroatoms. The van der Waals surface area contributed by atoms with Gasteiger partial charge < -0.3 is 16.0 Å². The first-order valence-electron chi connectivity index (χ1n) is 10.9. The van der Waals surface area contributed by atoms with E-state index in [4.69, 9.17) is 5.73 Å². The molecule has 2 aromatic heterocycles. The predicted molar refractivity (Wildman–Crippen MR) is 125 cm³/mol. The van der Waals surface area contributed by atoms with Gasteiger partial charge in [0.2, 0.25) is 5.91 Å². The predicted octanol–water partition coefficient (Wildman–Crippen LogP) is 3.07. The lowest BCUT2D eigenvalue weighted by Crippen LogP contribution is -2.42. The molecule has 2 amide bonds. The van der Waals surface area contributed by atoms with Gasteiger partial charge in [0.05, 0.1) is 23.5 Å². The van der Waals surface area contributed by atoms with Gasteiger partial charge in [-0.2, -0.15) is 10.2 Å². The highest BCUT2D eigenvalue weighted by atomic mass is 16.2. The number of carbonyl (C=O) groups excluding carboxylic acids is 2. The van der Waals surface area contributed by atoms with Gasteiger partial charge in [-0.15, -0.1) is 0 Å². The van der Waals surface area contributed by atoms with Crippen LogP contribution in [0.2, 0.25) is 0 Å². The molecule has 2 heterocycles. The summed E-state index contributed by atoms with van der Waals surface area (Å²) < 4.78 is 1.72. The van der Waals surface area contributed by atoms with Crippen LogP contribution in [-0.2, 0) is 11.8 Å². The zero-order chi connectivity index (χ0) is 22.8. The molecule has 168 valence electrons. The summed E-state index contributed by atoms with van der Waals surface area (Å²) in [5.41, 5.74) is 12.9. The number of nitrogens with zero attached hydrogens (tertiary/aromatic N) is 3. The lowest BCUT2D eigenvalue weighted by atomic mass is 9.84. The molecule has 0 saturated heterocycles. The number of aromatic amines is 1. The SMILES string of the molecule is C=NNC(=O)c1cc(NC(=O)[C@H](N)C2CCCCC2)cc2[nH]c(-c3cnn(C)c3)c(C)c12. The van der Waals surface area contributed by atoms with Gasteiger partial charge in [0.25, 0.3) is 5.91 Å². The number of amides is 2. The van der Waals surface area contributed by atoms with Crippen LogP contribution in [0.25, 0.3) is 22.2 Å². The summed E-state index contributed by atoms with van der Waals surface area (Å²) in [6.45, 7) is 5.28. The average Bonchev–Trinajstić information content (AvgIpc) is 3.36. The zero-order valence-electron chi connectivity index (χ0n) is 18.4. The standard InChI is InChI=1S/C23H29N7O2/c1-13-19-17(22(31)29-25-2)9-16(27-23(32)20(24)14-7-5-4-6-8-14)10-18(19)28-21(13)15-11-26-30(3)12-15/h9-12,14,20,28H,2,4-8,24H2,1,3H3,(H,27,32)(H,29,31)/t20-/m1/s1. The summed E-state index contributed by atoms with van der Waals surface area (Å²) in [5.74, 6) is -0.456. The number of carbonyl (C=O) groups is 2. The number of hydrogen-bond acceptors (Lipinski definition) is 5. The van der Waals surface area contributed by atoms with Crippen LogP contribution in [0, 0.1) is 12.8 Å². The monoisotopic (exact) mass is 435 g/mol. The number of aryl methyl sites for hydroxylation is 2. The summed E-state index contributed by atoms with van der Waals surface area (Å²) in [5, 5.41) is 11.4. The second-order valence-corrected chi connectivity index (χ2v) is 8.49. The van der Waals surface area contributed by atoms with E-state index in [-0.39, 0.29) is 11.8 Å². The maximum atomic E-state index is 12.9. The molecule has 1 aliphatic rings. The van der Waals surface area contributed by atoms with Crippen molar-refractivity contribution in [1.82, 2.24) is 20.2 Å². The third-order valence-corrected chi connectivity index (χ3v) is 6.29. The summed E-state index contributed by atoms with van der Waals surface area (Å²) in [6.07, 6.45) is 9.00. The van der Waals surface area contributed by atoms with Crippen LogP contribution in [0.5, 0.6) is 0 Å². The molecule has 0 radical (unpaired) electrons. The van der Waals surface area contributed by atoms with Gasteiger partial charge in [0, 0.05) is 42.1 Å². The van der Waals surface area contributed by atoms with Crippen LogP contribution in [0.15, 0.2) is 29.6 Å². The van der Waals surface area contributed by atoms with Crippen molar-refractivity contribution in [3.63, 3.8) is 0 Å². The van der Waals surface area contributed by atoms with Crippen molar-refractivity contribution in [2.24, 2.45) is 23.8 Å². The van der Waals surface area contributed by atoms with Crippen LogP contribution in [0.3, 0.4) is 0 Å². The number of fused-ring (bicyclic) bond motifs is 1. The Morgan fingerprint density at radius 3 is 2.72 bits per heavy atom. The van der Waals surface area contributed by atoms with Gasteiger partial charge >= 0.3 is 0 Å². The van der Waals surface area contributed by atoms with Gasteiger partial charge in [0.15, 0.2) is 0 Å². The minimum absolute atomic E-state index is 0.185. The van der Waals surface area contributed by atoms with E-state index in [9.17, 15) is 9.59 Å². The van der Waals surface area contributed by atoms with Crippen molar-refractivity contribution in [3.05, 3.63) is 35.7 Å². The van der Waals surface area contributed by atoms with Crippen molar-refractivity contribution < 1.29 is 9.59 Å². The molecule has 1 aromatic carbocycles. The van der Waals surface area contributed by atoms with Crippen molar-refractivity contribution in [1.29, 1.82) is 0 Å². The quantitative estimate of drug-likeness (QED) is 0.350. The van der Waals surface area contributed by atoms with Gasteiger partial charge in [-0.25, -0.2) is 5.43 Å². The Morgan fingerprint density at radius 2 is 2.06 bits per heavy atom. The minimum atomic E-state index is -0.575. The molecule has 1 atom stereocenters. The van der Waals surface area contributed by atoms with Crippen molar-refractivity contribution in [3.8, 4) is 11.3 Å². The number of hydrogen-bond donors (Lipinski definition) is 4. The van der Waals surface area contributed by atoms with Crippen molar-refractivity contribution in [2.45, 2.75) is 45.1 Å². The number of anilines is 1. The highest BCUT2D eigenvalue weighted by molar-refractivity contribution is 6.11. The van der Waals surface area contributed by atoms with E-state index < -0.39 is 11.9 Å². The molecule has 1 aliphatic carbocycles. The van der Waals surface area contributed by atoms with Gasteiger partial charge in [-0.05, 0) is 43.4 Å². The van der Waals surface area contributed by atoms with Gasteiger partial charge in [0.1, 0.15) is 0 Å². The number of nitrogens with one attached hydrogen (secondary N) is 3. The van der Waals surface area contributed by atoms with Gasteiger partial charge in [-0.1, -0.05) is 19.3 Å². The Hall–Kier alpha value is -3.46. The van der Waals surface area contributed by atoms with Crippen molar-refractivity contribution in [2.75, 3.05) is 5.32 Å². The third-order valence-electron chi connectivity index (χ3n) is 6.29. The number of benzene rings is 1. The van der Waals surface area contributed by atoms with E-state index in [2.05, 4.69) is 32.6 Å². The average molecular weight is 436 g/mol. The van der Waals surface area contributed by atoms with E-state index in [0.29, 0.717) is 11.3 Å². The normalized spacial score (nSPS) is 15.5. The fraction of sp³-hybridized carbons (Fsp3) is 0.391. The Morgan fingerprint density at radius 1 is 1.31 bits per heavy atom. The maximum Gasteiger partial charge on any atom is 0.272 e. The molecule has 4 rings (SSSR count). The van der Waals surface area contributed by atoms with Crippen LogP contribution in [0.4, 0.5) is 5.69 Å². The minimum Gasteiger partial charge on any atom is -0.354 e. The topological polar surface area (TPSA) is 130 Å². The fourth-order valence-electron chi connectivity index (χ4n) is 4.65.